The lowest BCUT2D eigenvalue weighted by Crippen LogP contribution is -2.37. The Morgan fingerprint density at radius 3 is 2.24 bits per heavy atom. The summed E-state index contributed by atoms with van der Waals surface area (Å²) < 4.78 is 10.6. The Balaban J connectivity index is 2.23. The highest BCUT2D eigenvalue weighted by Gasteiger charge is 2.35. The summed E-state index contributed by atoms with van der Waals surface area (Å²) in [6, 6.07) is 0. The molecule has 1 aliphatic rings. The number of rotatable bonds is 10. The first kappa shape index (κ1) is 22.0. The first-order valence-electron chi connectivity index (χ1n) is 10.3. The normalized spacial score (nSPS) is 23.5. The first-order valence-corrected chi connectivity index (χ1v) is 10.3. The van der Waals surface area contributed by atoms with Gasteiger partial charge in [0.1, 0.15) is 6.10 Å². The zero-order valence-corrected chi connectivity index (χ0v) is 16.7. The molecule has 3 unspecified atom stereocenters. The fourth-order valence-electron chi connectivity index (χ4n) is 3.72. The van der Waals surface area contributed by atoms with Gasteiger partial charge in [0.2, 0.25) is 0 Å². The van der Waals surface area contributed by atoms with Gasteiger partial charge in [-0.2, -0.15) is 0 Å². The van der Waals surface area contributed by atoms with Crippen molar-refractivity contribution in [3.63, 3.8) is 0 Å². The largest absolute Gasteiger partial charge is 0.457 e. The number of hydrogen-bond donors (Lipinski definition) is 0. The van der Waals surface area contributed by atoms with Gasteiger partial charge in [0, 0.05) is 0 Å². The lowest BCUT2D eigenvalue weighted by molar-refractivity contribution is -0.175. The summed E-state index contributed by atoms with van der Waals surface area (Å²) in [5, 5.41) is 0. The average Bonchev–Trinajstić information content (AvgIpc) is 2.56. The minimum Gasteiger partial charge on any atom is -0.457 e. The van der Waals surface area contributed by atoms with E-state index in [0.29, 0.717) is 24.4 Å². The third-order valence-corrected chi connectivity index (χ3v) is 5.37. The Bertz CT molecular complexity index is 391. The van der Waals surface area contributed by atoms with E-state index in [1.807, 2.05) is 0 Å². The van der Waals surface area contributed by atoms with E-state index in [2.05, 4.69) is 27.7 Å². The molecule has 0 aliphatic heterocycles. The van der Waals surface area contributed by atoms with Crippen LogP contribution in [0.25, 0.3) is 0 Å². The molecule has 0 aromatic rings. The van der Waals surface area contributed by atoms with Crippen molar-refractivity contribution in [1.82, 2.24) is 0 Å². The highest BCUT2D eigenvalue weighted by atomic mass is 16.6. The molecule has 0 spiro atoms. The molecule has 0 aromatic carbocycles. The second-order valence-electron chi connectivity index (χ2n) is 8.03. The van der Waals surface area contributed by atoms with Crippen molar-refractivity contribution in [2.75, 3.05) is 6.61 Å². The standard InChI is InChI=1S/C21H38O4/c1-5-6-7-8-9-10-11-14-24-20(22)21(23)25-19-15-17(4)12-13-18(19)16(2)3/h16-19H,5-15H2,1-4H3. The maximum atomic E-state index is 12.0. The SMILES string of the molecule is CCCCCCCCCOC(=O)C(=O)OC1CC(C)CCC1C(C)C. The van der Waals surface area contributed by atoms with Crippen LogP contribution in [0, 0.1) is 17.8 Å². The van der Waals surface area contributed by atoms with E-state index in [1.165, 1.54) is 32.1 Å². The van der Waals surface area contributed by atoms with E-state index in [-0.39, 0.29) is 6.10 Å². The molecule has 1 aliphatic carbocycles. The number of ether oxygens (including phenoxy) is 2. The summed E-state index contributed by atoms with van der Waals surface area (Å²) in [5.74, 6) is -0.305. The van der Waals surface area contributed by atoms with Gasteiger partial charge in [0.05, 0.1) is 6.61 Å². The van der Waals surface area contributed by atoms with Gasteiger partial charge in [-0.05, 0) is 37.0 Å². The maximum Gasteiger partial charge on any atom is 0.417 e. The summed E-state index contributed by atoms with van der Waals surface area (Å²) in [4.78, 5) is 23.9. The van der Waals surface area contributed by atoms with Crippen LogP contribution in [-0.4, -0.2) is 24.6 Å². The fourth-order valence-corrected chi connectivity index (χ4v) is 3.72. The van der Waals surface area contributed by atoms with Gasteiger partial charge in [0.15, 0.2) is 0 Å². The average molecular weight is 355 g/mol. The van der Waals surface area contributed by atoms with Crippen LogP contribution in [0.3, 0.4) is 0 Å². The van der Waals surface area contributed by atoms with Crippen molar-refractivity contribution in [3.8, 4) is 0 Å². The molecule has 4 nitrogen and oxygen atoms in total. The molecule has 0 radical (unpaired) electrons. The van der Waals surface area contributed by atoms with Crippen molar-refractivity contribution in [1.29, 1.82) is 0 Å². The molecule has 146 valence electrons. The van der Waals surface area contributed by atoms with Gasteiger partial charge in [0.25, 0.3) is 0 Å². The summed E-state index contributed by atoms with van der Waals surface area (Å²) in [7, 11) is 0. The zero-order chi connectivity index (χ0) is 18.7. The van der Waals surface area contributed by atoms with Crippen molar-refractivity contribution in [2.45, 2.75) is 98.0 Å². The van der Waals surface area contributed by atoms with E-state index >= 15 is 0 Å². The Morgan fingerprint density at radius 1 is 0.960 bits per heavy atom. The molecule has 3 atom stereocenters. The highest BCUT2D eigenvalue weighted by molar-refractivity contribution is 6.29. The molecule has 1 fully saturated rings. The van der Waals surface area contributed by atoms with Crippen molar-refractivity contribution < 1.29 is 19.1 Å². The molecule has 0 saturated heterocycles. The van der Waals surface area contributed by atoms with Crippen LogP contribution in [0.4, 0.5) is 0 Å². The van der Waals surface area contributed by atoms with Crippen molar-refractivity contribution >= 4 is 11.9 Å². The molecule has 0 amide bonds. The van der Waals surface area contributed by atoms with Gasteiger partial charge in [-0.3, -0.25) is 0 Å². The van der Waals surface area contributed by atoms with Crippen molar-refractivity contribution in [3.05, 3.63) is 0 Å². The minimum atomic E-state index is -0.827. The number of carbonyl (C=O) groups is 2. The fraction of sp³-hybridized carbons (Fsp3) is 0.905. The second-order valence-corrected chi connectivity index (χ2v) is 8.03. The second kappa shape index (κ2) is 12.3. The lowest BCUT2D eigenvalue weighted by Gasteiger charge is -2.36. The van der Waals surface area contributed by atoms with Gasteiger partial charge in [-0.25, -0.2) is 9.59 Å². The molecule has 0 N–H and O–H groups in total. The molecule has 0 bridgehead atoms. The quantitative estimate of drug-likeness (QED) is 0.304. The first-order chi connectivity index (χ1) is 12.0. The van der Waals surface area contributed by atoms with Gasteiger partial charge < -0.3 is 9.47 Å². The Labute approximate surface area is 154 Å². The zero-order valence-electron chi connectivity index (χ0n) is 16.7. The Kier molecular flexibility index (Phi) is 10.8. The third-order valence-electron chi connectivity index (χ3n) is 5.37. The number of unbranched alkanes of at least 4 members (excludes halogenated alkanes) is 6. The summed E-state index contributed by atoms with van der Waals surface area (Å²) in [6.07, 6.45) is 11.0. The molecule has 1 rings (SSSR count). The van der Waals surface area contributed by atoms with E-state index < -0.39 is 11.9 Å². The third kappa shape index (κ3) is 8.73. The molecule has 1 saturated carbocycles. The van der Waals surface area contributed by atoms with Crippen LogP contribution in [0.2, 0.25) is 0 Å². The predicted octanol–water partition coefficient (Wildman–Crippen LogP) is 5.28. The van der Waals surface area contributed by atoms with E-state index in [0.717, 1.165) is 32.1 Å². The minimum absolute atomic E-state index is 0.151. The van der Waals surface area contributed by atoms with E-state index in [9.17, 15) is 9.59 Å². The van der Waals surface area contributed by atoms with Crippen LogP contribution < -0.4 is 0 Å². The number of carbonyl (C=O) groups excluding carboxylic acids is 2. The number of esters is 2. The van der Waals surface area contributed by atoms with Gasteiger partial charge >= 0.3 is 11.9 Å². The lowest BCUT2D eigenvalue weighted by atomic mass is 9.75. The van der Waals surface area contributed by atoms with E-state index in [1.54, 1.807) is 0 Å². The van der Waals surface area contributed by atoms with Crippen LogP contribution in [0.5, 0.6) is 0 Å². The van der Waals surface area contributed by atoms with Crippen molar-refractivity contribution in [2.24, 2.45) is 17.8 Å². The predicted molar refractivity (Wildman–Crippen MR) is 100 cm³/mol. The smallest absolute Gasteiger partial charge is 0.417 e. The van der Waals surface area contributed by atoms with Gasteiger partial charge in [-0.15, -0.1) is 0 Å². The molecular formula is C21H38O4. The summed E-state index contributed by atoms with van der Waals surface area (Å²) >= 11 is 0. The molecule has 0 heterocycles. The monoisotopic (exact) mass is 354 g/mol. The molecule has 0 aromatic heterocycles. The number of hydrogen-bond acceptors (Lipinski definition) is 4. The van der Waals surface area contributed by atoms with E-state index in [4.69, 9.17) is 9.47 Å². The van der Waals surface area contributed by atoms with Crippen LogP contribution in [0.15, 0.2) is 0 Å². The van der Waals surface area contributed by atoms with Crippen LogP contribution in [-0.2, 0) is 19.1 Å². The van der Waals surface area contributed by atoms with Gasteiger partial charge in [-0.1, -0.05) is 72.6 Å². The molecule has 4 heteroatoms. The maximum absolute atomic E-state index is 12.0. The highest BCUT2D eigenvalue weighted by Crippen LogP contribution is 2.35. The Morgan fingerprint density at radius 2 is 1.60 bits per heavy atom. The summed E-state index contributed by atoms with van der Waals surface area (Å²) in [6.45, 7) is 9.00. The van der Waals surface area contributed by atoms with Crippen LogP contribution >= 0.6 is 0 Å². The Hall–Kier alpha value is -1.06. The summed E-state index contributed by atoms with van der Waals surface area (Å²) in [5.41, 5.74) is 0. The van der Waals surface area contributed by atoms with Crippen LogP contribution in [0.1, 0.15) is 91.9 Å². The topological polar surface area (TPSA) is 52.6 Å². The molecule has 25 heavy (non-hydrogen) atoms. The molecular weight excluding hydrogens is 316 g/mol.